The van der Waals surface area contributed by atoms with Crippen molar-refractivity contribution in [2.45, 2.75) is 63.3 Å². The Kier molecular flexibility index (Phi) is 5.86. The maximum atomic E-state index is 13.0. The Labute approximate surface area is 155 Å². The Morgan fingerprint density at radius 3 is 2.46 bits per heavy atom. The quantitative estimate of drug-likeness (QED) is 0.831. The van der Waals surface area contributed by atoms with Gasteiger partial charge in [-0.25, -0.2) is 13.2 Å². The largest absolute Gasteiger partial charge is 0.335 e. The Bertz CT molecular complexity index is 720. The molecular formula is C17H29N5O3S. The number of urea groups is 1. The van der Waals surface area contributed by atoms with E-state index in [4.69, 9.17) is 0 Å². The van der Waals surface area contributed by atoms with Crippen LogP contribution in [0, 0.1) is 13.8 Å². The van der Waals surface area contributed by atoms with E-state index in [1.807, 2.05) is 0 Å². The van der Waals surface area contributed by atoms with Crippen molar-refractivity contribution in [2.24, 2.45) is 0 Å². The van der Waals surface area contributed by atoms with E-state index in [1.165, 1.54) is 23.6 Å². The predicted molar refractivity (Wildman–Crippen MR) is 98.4 cm³/mol. The summed E-state index contributed by atoms with van der Waals surface area (Å²) in [4.78, 5) is 14.6. The topological polar surface area (TPSA) is 98.4 Å². The van der Waals surface area contributed by atoms with E-state index in [9.17, 15) is 13.2 Å². The number of aromatic amines is 1. The van der Waals surface area contributed by atoms with Crippen LogP contribution in [0.2, 0.25) is 0 Å². The van der Waals surface area contributed by atoms with E-state index >= 15 is 0 Å². The first kappa shape index (κ1) is 19.2. The second-order valence-corrected chi connectivity index (χ2v) is 9.17. The number of aromatic nitrogens is 2. The summed E-state index contributed by atoms with van der Waals surface area (Å²) in [7, 11) is -3.60. The van der Waals surface area contributed by atoms with Crippen LogP contribution in [0.1, 0.15) is 49.9 Å². The minimum atomic E-state index is -3.60. The molecule has 2 amide bonds. The molecule has 9 heteroatoms. The first-order chi connectivity index (χ1) is 12.4. The van der Waals surface area contributed by atoms with Crippen LogP contribution in [-0.2, 0) is 10.0 Å². The van der Waals surface area contributed by atoms with Gasteiger partial charge in [0.05, 0.1) is 11.4 Å². The zero-order valence-electron chi connectivity index (χ0n) is 15.6. The summed E-state index contributed by atoms with van der Waals surface area (Å²) in [6.45, 7) is 5.12. The second-order valence-electron chi connectivity index (χ2n) is 7.29. The fraction of sp³-hybridized carbons (Fsp3) is 0.765. The number of amides is 2. The summed E-state index contributed by atoms with van der Waals surface area (Å²) in [6, 6.07) is 0.197. The number of hydrogen-bond acceptors (Lipinski definition) is 4. The summed E-state index contributed by atoms with van der Waals surface area (Å²) in [5.74, 6) is 0. The van der Waals surface area contributed by atoms with E-state index in [1.54, 1.807) is 18.7 Å². The van der Waals surface area contributed by atoms with Crippen LogP contribution in [0.25, 0.3) is 0 Å². The molecule has 0 aromatic carbocycles. The summed E-state index contributed by atoms with van der Waals surface area (Å²) in [5.41, 5.74) is 1.04. The van der Waals surface area contributed by atoms with E-state index < -0.39 is 10.0 Å². The van der Waals surface area contributed by atoms with Gasteiger partial charge in [0.25, 0.3) is 0 Å². The Morgan fingerprint density at radius 1 is 1.08 bits per heavy atom. The fourth-order valence-electron chi connectivity index (χ4n) is 3.90. The van der Waals surface area contributed by atoms with Gasteiger partial charge in [0.15, 0.2) is 0 Å². The van der Waals surface area contributed by atoms with Gasteiger partial charge in [-0.05, 0) is 33.1 Å². The zero-order valence-corrected chi connectivity index (χ0v) is 16.4. The normalized spacial score (nSPS) is 20.8. The molecule has 26 heavy (non-hydrogen) atoms. The Hall–Kier alpha value is -1.61. The molecule has 0 unspecified atom stereocenters. The molecule has 1 aliphatic heterocycles. The van der Waals surface area contributed by atoms with Gasteiger partial charge in [0.1, 0.15) is 4.90 Å². The van der Waals surface area contributed by atoms with Crippen LogP contribution in [0.4, 0.5) is 4.79 Å². The highest BCUT2D eigenvalue weighted by Crippen LogP contribution is 2.23. The average molecular weight is 384 g/mol. The van der Waals surface area contributed by atoms with Gasteiger partial charge < -0.3 is 10.2 Å². The number of H-pyrrole nitrogens is 1. The van der Waals surface area contributed by atoms with Crippen LogP contribution in [0.5, 0.6) is 0 Å². The smallest absolute Gasteiger partial charge is 0.317 e. The van der Waals surface area contributed by atoms with Gasteiger partial charge in [0, 0.05) is 32.2 Å². The molecule has 8 nitrogen and oxygen atoms in total. The highest BCUT2D eigenvalue weighted by molar-refractivity contribution is 7.89. The van der Waals surface area contributed by atoms with E-state index in [0.717, 1.165) is 12.8 Å². The number of hydrogen-bond donors (Lipinski definition) is 2. The third-order valence-corrected chi connectivity index (χ3v) is 7.50. The summed E-state index contributed by atoms with van der Waals surface area (Å²) < 4.78 is 27.4. The molecule has 146 valence electrons. The molecule has 1 saturated heterocycles. The van der Waals surface area contributed by atoms with Crippen molar-refractivity contribution in [3.63, 3.8) is 0 Å². The van der Waals surface area contributed by atoms with Gasteiger partial charge in [-0.15, -0.1) is 0 Å². The Balaban J connectivity index is 1.63. The third kappa shape index (κ3) is 4.03. The predicted octanol–water partition coefficient (Wildman–Crippen LogP) is 1.77. The highest BCUT2D eigenvalue weighted by atomic mass is 32.2. The molecule has 1 saturated carbocycles. The summed E-state index contributed by atoms with van der Waals surface area (Å²) in [6.07, 6.45) is 6.29. The molecule has 2 aliphatic rings. The monoisotopic (exact) mass is 383 g/mol. The molecule has 3 rings (SSSR count). The van der Waals surface area contributed by atoms with Gasteiger partial charge in [0.2, 0.25) is 10.0 Å². The van der Waals surface area contributed by atoms with Crippen molar-refractivity contribution in [3.8, 4) is 0 Å². The maximum Gasteiger partial charge on any atom is 0.317 e. The molecule has 0 spiro atoms. The van der Waals surface area contributed by atoms with Crippen LogP contribution in [-0.4, -0.2) is 66.1 Å². The average Bonchev–Trinajstić information content (AvgIpc) is 2.82. The van der Waals surface area contributed by atoms with E-state index in [2.05, 4.69) is 15.5 Å². The number of nitrogens with zero attached hydrogens (tertiary/aromatic N) is 3. The van der Waals surface area contributed by atoms with Crippen molar-refractivity contribution in [1.29, 1.82) is 0 Å². The molecule has 2 heterocycles. The lowest BCUT2D eigenvalue weighted by molar-refractivity contribution is 0.192. The van der Waals surface area contributed by atoms with Gasteiger partial charge in [-0.2, -0.15) is 9.40 Å². The molecule has 1 aromatic rings. The van der Waals surface area contributed by atoms with Crippen LogP contribution >= 0.6 is 0 Å². The molecule has 1 aromatic heterocycles. The first-order valence-electron chi connectivity index (χ1n) is 9.47. The molecule has 2 N–H and O–H groups in total. The van der Waals surface area contributed by atoms with Gasteiger partial charge >= 0.3 is 6.03 Å². The number of nitrogens with one attached hydrogen (secondary N) is 2. The third-order valence-electron chi connectivity index (χ3n) is 5.33. The number of sulfonamides is 1. The SMILES string of the molecule is Cc1n[nH]c(C)c1S(=O)(=O)N1CCCN(C(=O)NC2CCCCC2)CC1. The molecular weight excluding hydrogens is 354 g/mol. The molecule has 0 radical (unpaired) electrons. The van der Waals surface area contributed by atoms with Crippen molar-refractivity contribution in [3.05, 3.63) is 11.4 Å². The van der Waals surface area contributed by atoms with Crippen molar-refractivity contribution in [1.82, 2.24) is 24.7 Å². The van der Waals surface area contributed by atoms with Crippen LogP contribution in [0.15, 0.2) is 4.90 Å². The number of aryl methyl sites for hydroxylation is 2. The minimum absolute atomic E-state index is 0.0631. The van der Waals surface area contributed by atoms with E-state index in [0.29, 0.717) is 44.0 Å². The molecule has 0 atom stereocenters. The standard InChI is InChI=1S/C17H29N5O3S/c1-13-16(14(2)20-19-13)26(24,25)22-10-6-9-21(11-12-22)17(23)18-15-7-4-3-5-8-15/h15H,3-12H2,1-2H3,(H,18,23)(H,19,20). The summed E-state index contributed by atoms with van der Waals surface area (Å²) in [5, 5.41) is 9.86. The maximum absolute atomic E-state index is 13.0. The lowest BCUT2D eigenvalue weighted by Gasteiger charge is -2.27. The second kappa shape index (κ2) is 7.96. The highest BCUT2D eigenvalue weighted by Gasteiger charge is 2.32. The Morgan fingerprint density at radius 2 is 1.81 bits per heavy atom. The van der Waals surface area contributed by atoms with Crippen molar-refractivity contribution in [2.75, 3.05) is 26.2 Å². The number of carbonyl (C=O) groups excluding carboxylic acids is 1. The lowest BCUT2D eigenvalue weighted by Crippen LogP contribution is -2.47. The van der Waals surface area contributed by atoms with Crippen molar-refractivity contribution >= 4 is 16.1 Å². The molecule has 1 aliphatic carbocycles. The van der Waals surface area contributed by atoms with Gasteiger partial charge in [-0.3, -0.25) is 5.10 Å². The van der Waals surface area contributed by atoms with E-state index in [-0.39, 0.29) is 17.0 Å². The zero-order chi connectivity index (χ0) is 18.7. The van der Waals surface area contributed by atoms with Crippen LogP contribution in [0.3, 0.4) is 0 Å². The van der Waals surface area contributed by atoms with Crippen LogP contribution < -0.4 is 5.32 Å². The fourth-order valence-corrected chi connectivity index (χ4v) is 5.70. The van der Waals surface area contributed by atoms with Gasteiger partial charge in [-0.1, -0.05) is 19.3 Å². The molecule has 0 bridgehead atoms. The number of rotatable bonds is 3. The lowest BCUT2D eigenvalue weighted by atomic mass is 9.96. The number of carbonyl (C=O) groups is 1. The molecule has 2 fully saturated rings. The first-order valence-corrected chi connectivity index (χ1v) is 10.9. The van der Waals surface area contributed by atoms with Crippen molar-refractivity contribution < 1.29 is 13.2 Å². The minimum Gasteiger partial charge on any atom is -0.335 e. The summed E-state index contributed by atoms with van der Waals surface area (Å²) >= 11 is 0.